The van der Waals surface area contributed by atoms with Crippen LogP contribution in [-0.4, -0.2) is 14.9 Å². The normalized spacial score (nSPS) is 13.1. The van der Waals surface area contributed by atoms with Crippen LogP contribution in [0.15, 0.2) is 10.8 Å². The second-order valence-electron chi connectivity index (χ2n) is 4.78. The quantitative estimate of drug-likeness (QED) is 0.734. The minimum absolute atomic E-state index is 0.500. The van der Waals surface area contributed by atoms with Crippen molar-refractivity contribution >= 4 is 19.7 Å². The highest BCUT2D eigenvalue weighted by Crippen LogP contribution is 2.33. The Bertz CT molecular complexity index is 392. The zero-order valence-corrected chi connectivity index (χ0v) is 12.6. The first-order chi connectivity index (χ1) is 7.98. The van der Waals surface area contributed by atoms with Crippen molar-refractivity contribution < 1.29 is 9.16 Å². The van der Waals surface area contributed by atoms with E-state index >= 15 is 0 Å². The Labute approximate surface area is 108 Å². The van der Waals surface area contributed by atoms with Gasteiger partial charge < -0.3 is 9.16 Å². The molecule has 5 heteroatoms. The van der Waals surface area contributed by atoms with Gasteiger partial charge in [-0.05, 0) is 26.1 Å². The maximum Gasteiger partial charge on any atom is 0.186 e. The Hall–Kier alpha value is -0.833. The van der Waals surface area contributed by atoms with Gasteiger partial charge in [-0.15, -0.1) is 11.3 Å². The summed E-state index contributed by atoms with van der Waals surface area (Å²) in [6, 6.07) is 2.22. The van der Waals surface area contributed by atoms with Gasteiger partial charge in [0.25, 0.3) is 0 Å². The molecule has 0 amide bonds. The second kappa shape index (κ2) is 6.19. The lowest BCUT2D eigenvalue weighted by atomic mass is 10.2. The minimum atomic E-state index is -1.73. The molecule has 1 atom stereocenters. The molecule has 0 saturated carbocycles. The van der Waals surface area contributed by atoms with Crippen molar-refractivity contribution in [1.29, 1.82) is 5.26 Å². The first-order valence-corrected chi connectivity index (χ1v) is 10.1. The van der Waals surface area contributed by atoms with Gasteiger partial charge in [0.2, 0.25) is 0 Å². The molecule has 0 spiro atoms. The predicted molar refractivity (Wildman–Crippen MR) is 72.9 cm³/mol. The lowest BCUT2D eigenvalue weighted by Gasteiger charge is -2.21. The third-order valence-electron chi connectivity index (χ3n) is 1.99. The van der Waals surface area contributed by atoms with Crippen LogP contribution in [-0.2, 0) is 4.43 Å². The molecule has 0 aliphatic rings. The Balaban J connectivity index is 2.82. The number of hydrogen-bond acceptors (Lipinski definition) is 4. The van der Waals surface area contributed by atoms with Gasteiger partial charge in [0.15, 0.2) is 14.4 Å². The molecule has 3 nitrogen and oxygen atoms in total. The Morgan fingerprint density at radius 2 is 2.12 bits per heavy atom. The molecular weight excluding hydrogens is 250 g/mol. The van der Waals surface area contributed by atoms with Crippen LogP contribution in [0.25, 0.3) is 0 Å². The number of hydrogen-bond donors (Lipinski definition) is 0. The van der Waals surface area contributed by atoms with E-state index in [2.05, 4.69) is 32.6 Å². The van der Waals surface area contributed by atoms with E-state index in [-0.39, 0.29) is 0 Å². The van der Waals surface area contributed by atoms with Crippen LogP contribution in [0.3, 0.4) is 0 Å². The van der Waals surface area contributed by atoms with E-state index in [4.69, 9.17) is 9.16 Å². The molecule has 1 aromatic heterocycles. The number of nitriles is 1. The molecule has 0 aliphatic heterocycles. The first kappa shape index (κ1) is 14.2. The van der Waals surface area contributed by atoms with Crippen molar-refractivity contribution in [3.8, 4) is 11.8 Å². The number of rotatable bonds is 6. The highest BCUT2D eigenvalue weighted by Gasteiger charge is 2.25. The van der Waals surface area contributed by atoms with Crippen LogP contribution in [0.4, 0.5) is 0 Å². The fourth-order valence-electron chi connectivity index (χ4n) is 1.33. The summed E-state index contributed by atoms with van der Waals surface area (Å²) in [7, 11) is -1.73. The summed E-state index contributed by atoms with van der Waals surface area (Å²) in [5.41, 5.74) is 0.869. The van der Waals surface area contributed by atoms with E-state index in [0.717, 1.165) is 17.7 Å². The molecule has 1 unspecified atom stereocenters. The second-order valence-corrected chi connectivity index (χ2v) is 9.98. The molecule has 1 heterocycles. The van der Waals surface area contributed by atoms with E-state index in [1.807, 2.05) is 10.8 Å². The van der Waals surface area contributed by atoms with E-state index in [9.17, 15) is 5.26 Å². The molecular formula is C12H19NO2SSi. The average Bonchev–Trinajstić information content (AvgIpc) is 2.69. The largest absolute Gasteiger partial charge is 0.492 e. The molecule has 0 aliphatic carbocycles. The topological polar surface area (TPSA) is 42.2 Å². The summed E-state index contributed by atoms with van der Waals surface area (Å²) in [6.07, 6.45) is 0.459. The molecule has 17 heavy (non-hydrogen) atoms. The fraction of sp³-hybridized carbons (Fsp3) is 0.583. The lowest BCUT2D eigenvalue weighted by molar-refractivity contribution is 0.242. The number of ether oxygens (including phenoxy) is 1. The van der Waals surface area contributed by atoms with Gasteiger partial charge >= 0.3 is 0 Å². The zero-order valence-electron chi connectivity index (χ0n) is 10.8. The summed E-state index contributed by atoms with van der Waals surface area (Å²) in [6.45, 7) is 8.98. The zero-order chi connectivity index (χ0) is 12.9. The summed E-state index contributed by atoms with van der Waals surface area (Å²) in [5, 5.41) is 13.1. The van der Waals surface area contributed by atoms with E-state index in [0.29, 0.717) is 6.61 Å². The Morgan fingerprint density at radius 1 is 1.41 bits per heavy atom. The monoisotopic (exact) mass is 269 g/mol. The summed E-state index contributed by atoms with van der Waals surface area (Å²) < 4.78 is 11.5. The Kier molecular flexibility index (Phi) is 5.19. The molecule has 94 valence electrons. The van der Waals surface area contributed by atoms with Crippen LogP contribution in [0.1, 0.15) is 25.0 Å². The van der Waals surface area contributed by atoms with Crippen LogP contribution in [0.2, 0.25) is 19.6 Å². The van der Waals surface area contributed by atoms with Gasteiger partial charge in [0.05, 0.1) is 12.7 Å². The van der Waals surface area contributed by atoms with Crippen molar-refractivity contribution in [1.82, 2.24) is 0 Å². The SMILES string of the molecule is CCCOc1cscc1C(C#N)O[Si](C)(C)C. The van der Waals surface area contributed by atoms with E-state index in [1.165, 1.54) is 0 Å². The predicted octanol–water partition coefficient (Wildman–Crippen LogP) is 3.95. The van der Waals surface area contributed by atoms with Gasteiger partial charge in [-0.1, -0.05) is 6.92 Å². The average molecular weight is 269 g/mol. The number of nitrogens with zero attached hydrogens (tertiary/aromatic N) is 1. The van der Waals surface area contributed by atoms with Gasteiger partial charge in [-0.25, -0.2) is 0 Å². The van der Waals surface area contributed by atoms with Crippen molar-refractivity contribution in [2.75, 3.05) is 6.61 Å². The van der Waals surface area contributed by atoms with Crippen molar-refractivity contribution in [2.45, 2.75) is 39.1 Å². The lowest BCUT2D eigenvalue weighted by Crippen LogP contribution is -2.27. The van der Waals surface area contributed by atoms with E-state index in [1.54, 1.807) is 11.3 Å². The van der Waals surface area contributed by atoms with Crippen molar-refractivity contribution in [3.63, 3.8) is 0 Å². The standard InChI is InChI=1S/C12H19NO2SSi/c1-5-6-14-12-9-16-8-10(12)11(7-13)15-17(2,3)4/h8-9,11H,5-6H2,1-4H3. The minimum Gasteiger partial charge on any atom is -0.492 e. The molecule has 1 rings (SSSR count). The Morgan fingerprint density at radius 3 is 2.65 bits per heavy atom. The van der Waals surface area contributed by atoms with E-state index < -0.39 is 14.4 Å². The van der Waals surface area contributed by atoms with Gasteiger partial charge in [-0.3, -0.25) is 0 Å². The molecule has 1 aromatic rings. The maximum atomic E-state index is 9.21. The number of thiophene rings is 1. The van der Waals surface area contributed by atoms with Crippen molar-refractivity contribution in [3.05, 3.63) is 16.3 Å². The summed E-state index contributed by atoms with van der Waals surface area (Å²) in [5.74, 6) is 0.793. The molecule has 0 aromatic carbocycles. The summed E-state index contributed by atoms with van der Waals surface area (Å²) in [4.78, 5) is 0. The van der Waals surface area contributed by atoms with Crippen LogP contribution >= 0.6 is 11.3 Å². The maximum absolute atomic E-state index is 9.21. The highest BCUT2D eigenvalue weighted by molar-refractivity contribution is 7.08. The highest BCUT2D eigenvalue weighted by atomic mass is 32.1. The van der Waals surface area contributed by atoms with Crippen LogP contribution in [0.5, 0.6) is 5.75 Å². The van der Waals surface area contributed by atoms with Crippen molar-refractivity contribution in [2.24, 2.45) is 0 Å². The van der Waals surface area contributed by atoms with Gasteiger partial charge in [0.1, 0.15) is 5.75 Å². The first-order valence-electron chi connectivity index (χ1n) is 5.74. The molecule has 0 radical (unpaired) electrons. The molecule has 0 N–H and O–H groups in total. The van der Waals surface area contributed by atoms with Gasteiger partial charge in [0, 0.05) is 16.3 Å². The third-order valence-corrected chi connectivity index (χ3v) is 3.67. The van der Waals surface area contributed by atoms with Crippen LogP contribution in [0, 0.1) is 11.3 Å². The molecule has 0 bridgehead atoms. The fourth-order valence-corrected chi connectivity index (χ4v) is 3.00. The molecule has 0 saturated heterocycles. The molecule has 0 fully saturated rings. The van der Waals surface area contributed by atoms with Crippen LogP contribution < -0.4 is 4.74 Å². The summed E-state index contributed by atoms with van der Waals surface area (Å²) >= 11 is 1.55. The smallest absolute Gasteiger partial charge is 0.186 e. The third kappa shape index (κ3) is 4.50. The van der Waals surface area contributed by atoms with Gasteiger partial charge in [-0.2, -0.15) is 5.26 Å².